The molecule has 0 saturated carbocycles. The lowest BCUT2D eigenvalue weighted by atomic mass is 10.1. The van der Waals surface area contributed by atoms with Crippen molar-refractivity contribution in [2.75, 3.05) is 12.4 Å². The number of aryl methyl sites for hydroxylation is 1. The molecule has 0 saturated heterocycles. The van der Waals surface area contributed by atoms with E-state index in [-0.39, 0.29) is 17.9 Å². The topological polar surface area (TPSA) is 130 Å². The molecule has 2 aromatic carbocycles. The average molecular weight is 575 g/mol. The van der Waals surface area contributed by atoms with E-state index in [9.17, 15) is 45.8 Å². The number of halogens is 6. The molecule has 0 aliphatic rings. The van der Waals surface area contributed by atoms with Crippen LogP contribution in [0.25, 0.3) is 10.9 Å². The van der Waals surface area contributed by atoms with E-state index in [2.05, 4.69) is 9.72 Å². The number of benzene rings is 2. The number of rotatable bonds is 7. The first-order chi connectivity index (χ1) is 18.6. The summed E-state index contributed by atoms with van der Waals surface area (Å²) < 4.78 is 93.4. The number of hydrogen-bond acceptors (Lipinski definition) is 6. The molecule has 3 aromatic rings. The Morgan fingerprint density at radius 2 is 1.60 bits per heavy atom. The fourth-order valence-corrected chi connectivity index (χ4v) is 3.76. The normalized spacial score (nSPS) is 13.4. The van der Waals surface area contributed by atoms with Crippen LogP contribution in [0.2, 0.25) is 0 Å². The minimum Gasteiger partial charge on any atom is -0.467 e. The van der Waals surface area contributed by atoms with E-state index in [1.165, 1.54) is 18.2 Å². The highest BCUT2D eigenvalue weighted by Gasteiger charge is 2.43. The van der Waals surface area contributed by atoms with E-state index in [4.69, 9.17) is 4.74 Å². The van der Waals surface area contributed by atoms with E-state index in [1.54, 1.807) is 16.8 Å². The van der Waals surface area contributed by atoms with Crippen molar-refractivity contribution in [2.24, 2.45) is 0 Å². The molecule has 1 heterocycles. The van der Waals surface area contributed by atoms with Gasteiger partial charge in [-0.3, -0.25) is 9.59 Å². The molecule has 0 spiro atoms. The zero-order valence-electron chi connectivity index (χ0n) is 21.1. The predicted octanol–water partition coefficient (Wildman–Crippen LogP) is 4.54. The van der Waals surface area contributed by atoms with Gasteiger partial charge in [0.15, 0.2) is 11.8 Å². The SMILES string of the molecule is CCc1c[nH]c2ccc(Oc3c(C(F)(F)F)cc(NC(=O)C(=O)NC(C(=O)OC)C(C)O)cc3C(F)(F)F)cc12. The summed E-state index contributed by atoms with van der Waals surface area (Å²) in [6, 6.07) is 2.54. The number of nitrogens with one attached hydrogen (secondary N) is 3. The third kappa shape index (κ3) is 6.65. The minimum atomic E-state index is -5.38. The number of aromatic nitrogens is 1. The first-order valence-corrected chi connectivity index (χ1v) is 11.5. The van der Waals surface area contributed by atoms with Gasteiger partial charge in [-0.25, -0.2) is 4.79 Å². The van der Waals surface area contributed by atoms with Crippen LogP contribution in [0, 0.1) is 0 Å². The fourth-order valence-electron chi connectivity index (χ4n) is 3.76. The Morgan fingerprint density at radius 1 is 1.00 bits per heavy atom. The molecule has 15 heteroatoms. The maximum Gasteiger partial charge on any atom is 0.420 e. The smallest absolute Gasteiger partial charge is 0.420 e. The predicted molar refractivity (Wildman–Crippen MR) is 128 cm³/mol. The first kappa shape index (κ1) is 30.3. The monoisotopic (exact) mass is 575 g/mol. The van der Waals surface area contributed by atoms with Crippen LogP contribution in [-0.2, 0) is 37.9 Å². The Hall–Kier alpha value is -4.27. The van der Waals surface area contributed by atoms with E-state index >= 15 is 0 Å². The fraction of sp³-hybridized carbons (Fsp3) is 0.320. The summed E-state index contributed by atoms with van der Waals surface area (Å²) in [5.74, 6) is -6.36. The highest BCUT2D eigenvalue weighted by molar-refractivity contribution is 6.40. The molecule has 1 aromatic heterocycles. The number of hydrogen-bond donors (Lipinski definition) is 4. The first-order valence-electron chi connectivity index (χ1n) is 11.5. The Morgan fingerprint density at radius 3 is 2.10 bits per heavy atom. The number of methoxy groups -OCH3 is 1. The highest BCUT2D eigenvalue weighted by Crippen LogP contribution is 2.47. The van der Waals surface area contributed by atoms with Crippen LogP contribution in [0.4, 0.5) is 32.0 Å². The Labute approximate surface area is 222 Å². The summed E-state index contributed by atoms with van der Waals surface area (Å²) >= 11 is 0. The van der Waals surface area contributed by atoms with Gasteiger partial charge in [-0.1, -0.05) is 6.92 Å². The van der Waals surface area contributed by atoms with Crippen molar-refractivity contribution in [3.63, 3.8) is 0 Å². The Balaban J connectivity index is 2.03. The largest absolute Gasteiger partial charge is 0.467 e. The van der Waals surface area contributed by atoms with Gasteiger partial charge in [-0.05, 0) is 49.2 Å². The summed E-state index contributed by atoms with van der Waals surface area (Å²) in [7, 11) is 0.921. The molecular weight excluding hydrogens is 552 g/mol. The highest BCUT2D eigenvalue weighted by atomic mass is 19.4. The van der Waals surface area contributed by atoms with Crippen molar-refractivity contribution in [3.05, 3.63) is 53.2 Å². The van der Waals surface area contributed by atoms with Crippen LogP contribution in [0.3, 0.4) is 0 Å². The molecule has 216 valence electrons. The summed E-state index contributed by atoms with van der Waals surface area (Å²) in [5, 5.41) is 13.6. The van der Waals surface area contributed by atoms with Gasteiger partial charge < -0.3 is 30.2 Å². The van der Waals surface area contributed by atoms with Crippen molar-refractivity contribution in [2.45, 2.75) is 44.8 Å². The molecule has 2 amide bonds. The van der Waals surface area contributed by atoms with Crippen LogP contribution < -0.4 is 15.4 Å². The van der Waals surface area contributed by atoms with E-state index in [1.807, 2.05) is 6.92 Å². The molecule has 0 fully saturated rings. The summed E-state index contributed by atoms with van der Waals surface area (Å²) in [5.41, 5.74) is -3.43. The number of esters is 1. The standard InChI is InChI=1S/C25H23F6N3O6/c1-4-12-10-32-18-6-5-14(9-15(12)18)40-20-16(24(26,27)28)7-13(8-17(20)25(29,30)31)33-21(36)22(37)34-19(11(2)35)23(38)39-3/h5-11,19,32,35H,4H2,1-3H3,(H,33,36)(H,34,37). The number of alkyl halides is 6. The van der Waals surface area contributed by atoms with Crippen molar-refractivity contribution < 1.29 is 55.3 Å². The lowest BCUT2D eigenvalue weighted by Crippen LogP contribution is -2.51. The van der Waals surface area contributed by atoms with Gasteiger partial charge in [0.25, 0.3) is 0 Å². The number of fused-ring (bicyclic) bond motifs is 1. The molecule has 0 radical (unpaired) electrons. The number of H-pyrrole nitrogens is 1. The van der Waals surface area contributed by atoms with Crippen molar-refractivity contribution in [1.29, 1.82) is 0 Å². The van der Waals surface area contributed by atoms with Crippen LogP contribution in [-0.4, -0.2) is 47.1 Å². The number of aliphatic hydroxyl groups excluding tert-OH is 1. The van der Waals surface area contributed by atoms with Gasteiger partial charge in [0.05, 0.1) is 13.2 Å². The Kier molecular flexibility index (Phi) is 8.67. The summed E-state index contributed by atoms with van der Waals surface area (Å²) in [4.78, 5) is 39.1. The molecule has 40 heavy (non-hydrogen) atoms. The van der Waals surface area contributed by atoms with Gasteiger partial charge in [0.1, 0.15) is 16.9 Å². The second-order valence-corrected chi connectivity index (χ2v) is 8.54. The zero-order valence-corrected chi connectivity index (χ0v) is 21.1. The number of carbonyl (C=O) groups is 3. The van der Waals surface area contributed by atoms with Gasteiger partial charge in [0.2, 0.25) is 0 Å². The molecule has 0 bridgehead atoms. The van der Waals surface area contributed by atoms with Crippen molar-refractivity contribution >= 4 is 34.4 Å². The molecule has 3 rings (SSSR count). The van der Waals surface area contributed by atoms with E-state index < -0.39 is 64.8 Å². The van der Waals surface area contributed by atoms with Crippen molar-refractivity contribution in [3.8, 4) is 11.5 Å². The second kappa shape index (κ2) is 11.5. The van der Waals surface area contributed by atoms with Gasteiger partial charge in [-0.15, -0.1) is 0 Å². The number of anilines is 1. The van der Waals surface area contributed by atoms with Crippen LogP contribution in [0.15, 0.2) is 36.5 Å². The molecule has 4 N–H and O–H groups in total. The maximum absolute atomic E-state index is 14.0. The number of aromatic amines is 1. The molecule has 0 aliphatic heterocycles. The number of amides is 2. The van der Waals surface area contributed by atoms with Gasteiger partial charge in [0, 0.05) is 22.8 Å². The van der Waals surface area contributed by atoms with E-state index in [0.29, 0.717) is 17.3 Å². The minimum absolute atomic E-state index is 0.175. The lowest BCUT2D eigenvalue weighted by Gasteiger charge is -2.21. The number of aliphatic hydroxyl groups is 1. The van der Waals surface area contributed by atoms with Gasteiger partial charge >= 0.3 is 30.1 Å². The lowest BCUT2D eigenvalue weighted by molar-refractivity contribution is -0.149. The molecular formula is C25H23F6N3O6. The second-order valence-electron chi connectivity index (χ2n) is 8.54. The van der Waals surface area contributed by atoms with Crippen molar-refractivity contribution in [1.82, 2.24) is 10.3 Å². The molecule has 0 aliphatic carbocycles. The maximum atomic E-state index is 14.0. The molecule has 9 nitrogen and oxygen atoms in total. The van der Waals surface area contributed by atoms with Gasteiger partial charge in [-0.2, -0.15) is 26.3 Å². The number of ether oxygens (including phenoxy) is 2. The molecule has 2 unspecified atom stereocenters. The van der Waals surface area contributed by atoms with Crippen LogP contribution in [0.1, 0.15) is 30.5 Å². The molecule has 2 atom stereocenters. The zero-order chi connectivity index (χ0) is 30.0. The quantitative estimate of drug-likeness (QED) is 0.186. The third-order valence-corrected chi connectivity index (χ3v) is 5.73. The summed E-state index contributed by atoms with van der Waals surface area (Å²) in [6.45, 7) is 2.88. The summed E-state index contributed by atoms with van der Waals surface area (Å²) in [6.07, 6.45) is -10.1. The average Bonchev–Trinajstić information content (AvgIpc) is 3.28. The Bertz CT molecular complexity index is 1400. The van der Waals surface area contributed by atoms with Crippen LogP contribution >= 0.6 is 0 Å². The van der Waals surface area contributed by atoms with E-state index in [0.717, 1.165) is 19.6 Å². The third-order valence-electron chi connectivity index (χ3n) is 5.73. The van der Waals surface area contributed by atoms with Crippen LogP contribution in [0.5, 0.6) is 11.5 Å². The number of carbonyl (C=O) groups excluding carboxylic acids is 3.